The Bertz CT molecular complexity index is 1400. The van der Waals surface area contributed by atoms with Crippen LogP contribution >= 0.6 is 11.8 Å². The van der Waals surface area contributed by atoms with Crippen molar-refractivity contribution in [2.75, 3.05) is 12.4 Å². The number of aliphatic hydroxyl groups excluding tert-OH is 1. The zero-order valence-corrected chi connectivity index (χ0v) is 21.3. The predicted octanol–water partition coefficient (Wildman–Crippen LogP) is 2.98. The van der Waals surface area contributed by atoms with Crippen LogP contribution in [0, 0.1) is 0 Å². The molecule has 2 atom stereocenters. The first-order valence-corrected chi connectivity index (χ1v) is 13.2. The number of carboxylic acids is 1. The van der Waals surface area contributed by atoms with Crippen molar-refractivity contribution in [1.29, 1.82) is 0 Å². The Labute approximate surface area is 228 Å². The summed E-state index contributed by atoms with van der Waals surface area (Å²) in [5.74, 6) is -2.63. The minimum absolute atomic E-state index is 0.0144. The molecular formula is C29H24N2O7S. The number of nitrogens with zero attached hydrogens (tertiary/aromatic N) is 1. The molecule has 39 heavy (non-hydrogen) atoms. The van der Waals surface area contributed by atoms with Crippen LogP contribution in [0.25, 0.3) is 0 Å². The van der Waals surface area contributed by atoms with Gasteiger partial charge in [-0.2, -0.15) is 0 Å². The van der Waals surface area contributed by atoms with Crippen LogP contribution in [-0.2, 0) is 14.3 Å². The number of fused-ring (bicyclic) bond motifs is 1. The normalized spacial score (nSPS) is 18.3. The molecule has 10 heteroatoms. The van der Waals surface area contributed by atoms with Gasteiger partial charge in [0.1, 0.15) is 17.1 Å². The van der Waals surface area contributed by atoms with Crippen LogP contribution in [0.3, 0.4) is 0 Å². The van der Waals surface area contributed by atoms with Gasteiger partial charge < -0.3 is 20.3 Å². The van der Waals surface area contributed by atoms with E-state index in [1.165, 1.54) is 40.9 Å². The summed E-state index contributed by atoms with van der Waals surface area (Å²) in [5.41, 5.74) is 2.09. The number of rotatable bonds is 8. The number of aromatic carboxylic acids is 1. The number of carbonyl (C=O) groups is 4. The van der Waals surface area contributed by atoms with Gasteiger partial charge in [-0.1, -0.05) is 60.7 Å². The van der Waals surface area contributed by atoms with Crippen molar-refractivity contribution in [3.05, 3.63) is 118 Å². The molecule has 1 saturated heterocycles. The number of hydrogen-bond donors (Lipinski definition) is 3. The second-order valence-corrected chi connectivity index (χ2v) is 10.1. The number of aliphatic hydroxyl groups is 1. The minimum atomic E-state index is -1.11. The average molecular weight is 545 g/mol. The van der Waals surface area contributed by atoms with Crippen LogP contribution in [-0.4, -0.2) is 62.6 Å². The summed E-state index contributed by atoms with van der Waals surface area (Å²) in [5, 5.41) is 21.2. The summed E-state index contributed by atoms with van der Waals surface area (Å²) in [4.78, 5) is 51.9. The Balaban J connectivity index is 1.36. The fourth-order valence-corrected chi connectivity index (χ4v) is 5.86. The monoisotopic (exact) mass is 544 g/mol. The molecule has 0 saturated carbocycles. The number of nitrogens with one attached hydrogen (secondary N) is 1. The number of ether oxygens (including phenoxy) is 1. The molecule has 0 aromatic heterocycles. The van der Waals surface area contributed by atoms with Gasteiger partial charge in [0.2, 0.25) is 0 Å². The molecule has 5 rings (SSSR count). The number of thioether (sulfide) groups is 1. The largest absolute Gasteiger partial charge is 0.478 e. The van der Waals surface area contributed by atoms with Crippen molar-refractivity contribution in [2.24, 2.45) is 0 Å². The van der Waals surface area contributed by atoms with Crippen LogP contribution in [0.1, 0.15) is 37.9 Å². The number of esters is 1. The summed E-state index contributed by atoms with van der Waals surface area (Å²) in [6, 6.07) is 22.9. The van der Waals surface area contributed by atoms with Crippen molar-refractivity contribution < 1.29 is 34.1 Å². The van der Waals surface area contributed by atoms with Gasteiger partial charge in [-0.3, -0.25) is 14.5 Å². The second kappa shape index (κ2) is 11.1. The van der Waals surface area contributed by atoms with E-state index in [0.29, 0.717) is 5.57 Å². The highest BCUT2D eigenvalue weighted by atomic mass is 32.2. The molecule has 2 amide bonds. The molecule has 1 unspecified atom stereocenters. The number of hydrogen-bond acceptors (Lipinski definition) is 7. The van der Waals surface area contributed by atoms with E-state index in [1.54, 1.807) is 0 Å². The van der Waals surface area contributed by atoms with E-state index < -0.39 is 47.9 Å². The fraction of sp³-hybridized carbons (Fsp3) is 0.172. The summed E-state index contributed by atoms with van der Waals surface area (Å²) >= 11 is 1.32. The minimum Gasteiger partial charge on any atom is -0.478 e. The molecular weight excluding hydrogens is 520 g/mol. The Morgan fingerprint density at radius 1 is 0.923 bits per heavy atom. The first-order chi connectivity index (χ1) is 18.9. The maximum absolute atomic E-state index is 13.6. The van der Waals surface area contributed by atoms with Crippen molar-refractivity contribution in [1.82, 2.24) is 10.2 Å². The number of carbonyl (C=O) groups excluding carboxylic acids is 3. The van der Waals surface area contributed by atoms with Crippen LogP contribution < -0.4 is 5.32 Å². The van der Waals surface area contributed by atoms with Crippen molar-refractivity contribution in [3.8, 4) is 0 Å². The van der Waals surface area contributed by atoms with Crippen LogP contribution in [0.15, 0.2) is 96.2 Å². The molecule has 0 radical (unpaired) electrons. The predicted molar refractivity (Wildman–Crippen MR) is 143 cm³/mol. The molecule has 0 bridgehead atoms. The fourth-order valence-electron chi connectivity index (χ4n) is 4.53. The van der Waals surface area contributed by atoms with Crippen molar-refractivity contribution >= 4 is 35.5 Å². The highest BCUT2D eigenvalue weighted by Gasteiger charge is 2.54. The number of amides is 2. The molecule has 3 aromatic rings. The lowest BCUT2D eigenvalue weighted by molar-refractivity contribution is -0.153. The Kier molecular flexibility index (Phi) is 7.49. The van der Waals surface area contributed by atoms with Gasteiger partial charge in [-0.05, 0) is 41.0 Å². The Morgan fingerprint density at radius 2 is 1.49 bits per heavy atom. The number of β-lactam (4-membered cyclic amide) rings is 1. The van der Waals surface area contributed by atoms with E-state index in [0.717, 1.165) is 11.1 Å². The van der Waals surface area contributed by atoms with Crippen LogP contribution in [0.2, 0.25) is 0 Å². The summed E-state index contributed by atoms with van der Waals surface area (Å²) in [6.45, 7) is -0.428. The number of carboxylic acid groups (broad SMARTS) is 1. The lowest BCUT2D eigenvalue weighted by atomic mass is 10.0. The Morgan fingerprint density at radius 3 is 2.03 bits per heavy atom. The zero-order valence-electron chi connectivity index (χ0n) is 20.5. The van der Waals surface area contributed by atoms with Crippen molar-refractivity contribution in [2.45, 2.75) is 17.5 Å². The van der Waals surface area contributed by atoms with E-state index in [2.05, 4.69) is 5.32 Å². The van der Waals surface area contributed by atoms with Gasteiger partial charge in [-0.15, -0.1) is 11.8 Å². The maximum atomic E-state index is 13.6. The maximum Gasteiger partial charge on any atom is 0.356 e. The molecule has 2 aliphatic heterocycles. The van der Waals surface area contributed by atoms with E-state index in [1.807, 2.05) is 60.7 Å². The third-order valence-corrected chi connectivity index (χ3v) is 7.88. The van der Waals surface area contributed by atoms with Gasteiger partial charge in [0.05, 0.1) is 12.2 Å². The topological polar surface area (TPSA) is 133 Å². The lowest BCUT2D eigenvalue weighted by Gasteiger charge is -2.49. The summed E-state index contributed by atoms with van der Waals surface area (Å²) in [7, 11) is 0. The van der Waals surface area contributed by atoms with Gasteiger partial charge in [0.15, 0.2) is 6.10 Å². The van der Waals surface area contributed by atoms with E-state index >= 15 is 0 Å². The van der Waals surface area contributed by atoms with Crippen molar-refractivity contribution in [3.63, 3.8) is 0 Å². The molecule has 3 N–H and O–H groups in total. The summed E-state index contributed by atoms with van der Waals surface area (Å²) in [6.07, 6.45) is -0.735. The Hall–Kier alpha value is -4.41. The molecule has 9 nitrogen and oxygen atoms in total. The van der Waals surface area contributed by atoms with Gasteiger partial charge in [-0.25, -0.2) is 9.59 Å². The van der Waals surface area contributed by atoms with Crippen LogP contribution in [0.5, 0.6) is 0 Å². The van der Waals surface area contributed by atoms with E-state index in [9.17, 15) is 24.3 Å². The van der Waals surface area contributed by atoms with Crippen LogP contribution in [0.4, 0.5) is 0 Å². The number of benzene rings is 3. The first kappa shape index (κ1) is 26.2. The molecule has 0 spiro atoms. The third-order valence-electron chi connectivity index (χ3n) is 6.54. The zero-order chi connectivity index (χ0) is 27.5. The second-order valence-electron chi connectivity index (χ2n) is 8.96. The van der Waals surface area contributed by atoms with E-state index in [4.69, 9.17) is 9.84 Å². The smallest absolute Gasteiger partial charge is 0.356 e. The highest BCUT2D eigenvalue weighted by molar-refractivity contribution is 8.00. The standard InChI is InChI=1S/C29H24N2O7S/c32-15-21-16-39-27-22(30-25(33)19-11-13-20(14-12-19)28(35)36)26(34)31(27)23(21)29(37)38-24(17-7-3-1-4-8-17)18-9-5-2-6-10-18/h1-14,22,24,27,32H,15-16H2,(H,30,33)(H,35,36)/t22?,27-/m1/s1. The van der Waals surface area contributed by atoms with Gasteiger partial charge in [0.25, 0.3) is 11.8 Å². The lowest BCUT2D eigenvalue weighted by Crippen LogP contribution is -2.70. The molecule has 2 aliphatic rings. The molecule has 1 fully saturated rings. The van der Waals surface area contributed by atoms with E-state index in [-0.39, 0.29) is 22.6 Å². The highest BCUT2D eigenvalue weighted by Crippen LogP contribution is 2.41. The first-order valence-electron chi connectivity index (χ1n) is 12.1. The molecule has 3 aromatic carbocycles. The molecule has 2 heterocycles. The third kappa shape index (κ3) is 5.16. The quantitative estimate of drug-likeness (QED) is 0.291. The van der Waals surface area contributed by atoms with Gasteiger partial charge in [0, 0.05) is 11.3 Å². The average Bonchev–Trinajstić information content (AvgIpc) is 2.98. The SMILES string of the molecule is O=C(OC(c1ccccc1)c1ccccc1)C1=C(CO)CS[C@@H]2C(NC(=O)c3ccc(C(=O)O)cc3)C(=O)N12. The van der Waals surface area contributed by atoms with Gasteiger partial charge >= 0.3 is 11.9 Å². The molecule has 0 aliphatic carbocycles. The summed E-state index contributed by atoms with van der Waals surface area (Å²) < 4.78 is 5.96. The molecule has 198 valence electrons.